The molecule has 0 radical (unpaired) electrons. The average Bonchev–Trinajstić information content (AvgIpc) is 2.46. The Bertz CT molecular complexity index is 608. The molecule has 0 bridgehead atoms. The van der Waals surface area contributed by atoms with Crippen LogP contribution in [0.15, 0.2) is 17.4 Å². The minimum atomic E-state index is -3.53. The number of hydrogen-bond donors (Lipinski definition) is 0. The van der Waals surface area contributed by atoms with Gasteiger partial charge < -0.3 is 9.47 Å². The molecule has 1 aliphatic heterocycles. The number of ether oxygens (including phenoxy) is 2. The molecule has 0 aromatic carbocycles. The van der Waals surface area contributed by atoms with Gasteiger partial charge in [-0.15, -0.1) is 0 Å². The van der Waals surface area contributed by atoms with Crippen molar-refractivity contribution in [1.82, 2.24) is 9.97 Å². The van der Waals surface area contributed by atoms with Gasteiger partial charge in [-0.1, -0.05) is 0 Å². The lowest BCUT2D eigenvalue weighted by molar-refractivity contribution is -0.151. The maximum absolute atomic E-state index is 12.2. The predicted octanol–water partition coefficient (Wildman–Crippen LogP) is 0.101. The van der Waals surface area contributed by atoms with Crippen molar-refractivity contribution in [2.75, 3.05) is 26.6 Å². The van der Waals surface area contributed by atoms with E-state index in [-0.39, 0.29) is 5.16 Å². The maximum Gasteiger partial charge on any atom is 0.318 e. The first-order valence-electron chi connectivity index (χ1n) is 6.10. The van der Waals surface area contributed by atoms with E-state index in [1.165, 1.54) is 13.3 Å². The van der Waals surface area contributed by atoms with Crippen molar-refractivity contribution in [3.63, 3.8) is 0 Å². The summed E-state index contributed by atoms with van der Waals surface area (Å²) >= 11 is 0. The fourth-order valence-electron chi connectivity index (χ4n) is 2.27. The van der Waals surface area contributed by atoms with Gasteiger partial charge in [-0.25, -0.2) is 18.4 Å². The number of rotatable bonds is 3. The third kappa shape index (κ3) is 2.66. The minimum Gasteiger partial charge on any atom is -0.468 e. The largest absolute Gasteiger partial charge is 0.468 e. The standard InChI is InChI=1S/C12H16N2O5S/c1-18-10(15)12(4-7-19-8-5-12)9-3-6-13-11(14-9)20(2,16)17/h3,6H,4-5,7-8H2,1-2H3. The Hall–Kier alpha value is -1.54. The van der Waals surface area contributed by atoms with E-state index in [0.29, 0.717) is 31.7 Å². The molecule has 0 atom stereocenters. The zero-order valence-electron chi connectivity index (χ0n) is 11.3. The summed E-state index contributed by atoms with van der Waals surface area (Å²) in [5.74, 6) is -0.432. The minimum absolute atomic E-state index is 0.287. The number of carbonyl (C=O) groups excluding carboxylic acids is 1. The van der Waals surface area contributed by atoms with E-state index in [2.05, 4.69) is 9.97 Å². The van der Waals surface area contributed by atoms with E-state index >= 15 is 0 Å². The molecule has 0 N–H and O–H groups in total. The molecule has 1 fully saturated rings. The monoisotopic (exact) mass is 300 g/mol. The molecular formula is C12H16N2O5S. The third-order valence-corrected chi connectivity index (χ3v) is 4.24. The SMILES string of the molecule is COC(=O)C1(c2ccnc(S(C)(=O)=O)n2)CCOCC1. The molecule has 2 heterocycles. The van der Waals surface area contributed by atoms with Crippen LogP contribution in [-0.4, -0.2) is 50.9 Å². The summed E-state index contributed by atoms with van der Waals surface area (Å²) < 4.78 is 33.2. The van der Waals surface area contributed by atoms with E-state index in [1.54, 1.807) is 6.07 Å². The van der Waals surface area contributed by atoms with Gasteiger partial charge in [0.15, 0.2) is 0 Å². The highest BCUT2D eigenvalue weighted by Crippen LogP contribution is 2.35. The summed E-state index contributed by atoms with van der Waals surface area (Å²) in [6.07, 6.45) is 3.18. The molecule has 110 valence electrons. The van der Waals surface area contributed by atoms with Gasteiger partial charge in [0, 0.05) is 25.7 Å². The van der Waals surface area contributed by atoms with Gasteiger partial charge in [-0.05, 0) is 18.9 Å². The van der Waals surface area contributed by atoms with Crippen LogP contribution in [0, 0.1) is 0 Å². The molecule has 1 saturated heterocycles. The van der Waals surface area contributed by atoms with Crippen LogP contribution in [0.1, 0.15) is 18.5 Å². The lowest BCUT2D eigenvalue weighted by Crippen LogP contribution is -2.43. The van der Waals surface area contributed by atoms with Gasteiger partial charge in [0.1, 0.15) is 5.41 Å². The Morgan fingerprint density at radius 1 is 1.40 bits per heavy atom. The molecule has 7 nitrogen and oxygen atoms in total. The molecule has 1 aromatic rings. The van der Waals surface area contributed by atoms with Crippen molar-refractivity contribution < 1.29 is 22.7 Å². The molecule has 1 aromatic heterocycles. The third-order valence-electron chi connectivity index (χ3n) is 3.38. The first kappa shape index (κ1) is 14.9. The fraction of sp³-hybridized carbons (Fsp3) is 0.583. The molecule has 0 unspecified atom stereocenters. The van der Waals surface area contributed by atoms with Crippen LogP contribution < -0.4 is 0 Å². The summed E-state index contributed by atoms with van der Waals surface area (Å²) in [5, 5.41) is -0.287. The van der Waals surface area contributed by atoms with Crippen molar-refractivity contribution in [2.45, 2.75) is 23.4 Å². The molecule has 2 rings (SSSR count). The Morgan fingerprint density at radius 2 is 2.05 bits per heavy atom. The van der Waals surface area contributed by atoms with E-state index in [1.807, 2.05) is 0 Å². The summed E-state index contributed by atoms with van der Waals surface area (Å²) in [4.78, 5) is 20.0. The summed E-state index contributed by atoms with van der Waals surface area (Å²) in [6, 6.07) is 1.55. The Balaban J connectivity index is 2.52. The lowest BCUT2D eigenvalue weighted by atomic mass is 9.77. The Kier molecular flexibility index (Phi) is 4.05. The number of sulfone groups is 1. The number of nitrogens with zero attached hydrogens (tertiary/aromatic N) is 2. The fourth-order valence-corrected chi connectivity index (χ4v) is 2.78. The normalized spacial score (nSPS) is 18.5. The molecule has 1 aliphatic rings. The number of aromatic nitrogens is 2. The number of esters is 1. The first-order chi connectivity index (χ1) is 9.40. The number of methoxy groups -OCH3 is 1. The van der Waals surface area contributed by atoms with Crippen LogP contribution in [0.3, 0.4) is 0 Å². The van der Waals surface area contributed by atoms with Crippen LogP contribution in [0.2, 0.25) is 0 Å². The number of hydrogen-bond acceptors (Lipinski definition) is 7. The number of carbonyl (C=O) groups is 1. The molecule has 0 spiro atoms. The second kappa shape index (κ2) is 5.45. The first-order valence-corrected chi connectivity index (χ1v) is 7.99. The quantitative estimate of drug-likeness (QED) is 0.577. The van der Waals surface area contributed by atoms with Crippen LogP contribution in [0.5, 0.6) is 0 Å². The van der Waals surface area contributed by atoms with Gasteiger partial charge in [0.25, 0.3) is 0 Å². The van der Waals surface area contributed by atoms with Crippen molar-refractivity contribution >= 4 is 15.8 Å². The smallest absolute Gasteiger partial charge is 0.318 e. The topological polar surface area (TPSA) is 95.5 Å². The predicted molar refractivity (Wildman–Crippen MR) is 68.9 cm³/mol. The lowest BCUT2D eigenvalue weighted by Gasteiger charge is -2.33. The molecule has 0 amide bonds. The van der Waals surface area contributed by atoms with Crippen LogP contribution in [-0.2, 0) is 29.5 Å². The van der Waals surface area contributed by atoms with E-state index in [4.69, 9.17) is 9.47 Å². The Labute approximate surface area is 117 Å². The van der Waals surface area contributed by atoms with Gasteiger partial charge in [0.2, 0.25) is 15.0 Å². The van der Waals surface area contributed by atoms with Crippen molar-refractivity contribution in [2.24, 2.45) is 0 Å². The van der Waals surface area contributed by atoms with E-state index < -0.39 is 21.2 Å². The van der Waals surface area contributed by atoms with Gasteiger partial charge in [-0.2, -0.15) is 0 Å². The Morgan fingerprint density at radius 3 is 2.60 bits per heavy atom. The summed E-state index contributed by atoms with van der Waals surface area (Å²) in [5.41, 5.74) is -0.599. The highest BCUT2D eigenvalue weighted by molar-refractivity contribution is 7.90. The summed E-state index contributed by atoms with van der Waals surface area (Å²) in [6.45, 7) is 0.792. The second-order valence-corrected chi connectivity index (χ2v) is 6.59. The molecule has 20 heavy (non-hydrogen) atoms. The van der Waals surface area contributed by atoms with Gasteiger partial charge in [0.05, 0.1) is 12.8 Å². The van der Waals surface area contributed by atoms with Gasteiger partial charge >= 0.3 is 5.97 Å². The van der Waals surface area contributed by atoms with Crippen molar-refractivity contribution in [1.29, 1.82) is 0 Å². The van der Waals surface area contributed by atoms with Crippen LogP contribution >= 0.6 is 0 Å². The van der Waals surface area contributed by atoms with E-state index in [0.717, 1.165) is 6.26 Å². The second-order valence-electron chi connectivity index (χ2n) is 4.68. The summed E-state index contributed by atoms with van der Waals surface area (Å²) in [7, 11) is -2.22. The van der Waals surface area contributed by atoms with Crippen LogP contribution in [0.25, 0.3) is 0 Å². The zero-order valence-corrected chi connectivity index (χ0v) is 12.1. The molecule has 0 aliphatic carbocycles. The van der Waals surface area contributed by atoms with Crippen molar-refractivity contribution in [3.05, 3.63) is 18.0 Å². The molecular weight excluding hydrogens is 284 g/mol. The van der Waals surface area contributed by atoms with Crippen molar-refractivity contribution in [3.8, 4) is 0 Å². The highest BCUT2D eigenvalue weighted by Gasteiger charge is 2.44. The average molecular weight is 300 g/mol. The highest BCUT2D eigenvalue weighted by atomic mass is 32.2. The maximum atomic E-state index is 12.2. The van der Waals surface area contributed by atoms with Crippen LogP contribution in [0.4, 0.5) is 0 Å². The molecule has 0 saturated carbocycles. The zero-order chi connectivity index (χ0) is 14.8. The molecule has 8 heteroatoms. The van der Waals surface area contributed by atoms with E-state index in [9.17, 15) is 13.2 Å². The van der Waals surface area contributed by atoms with Gasteiger partial charge in [-0.3, -0.25) is 4.79 Å².